The molecule has 0 aliphatic carbocycles. The Morgan fingerprint density at radius 2 is 1.89 bits per heavy atom. The normalized spacial score (nSPS) is 16.1. The van der Waals surface area contributed by atoms with Crippen molar-refractivity contribution in [1.82, 2.24) is 4.90 Å². The minimum absolute atomic E-state index is 0.0951. The monoisotopic (exact) mass is 382 g/mol. The fraction of sp³-hybridized carbons (Fsp3) is 0.435. The number of carbonyl (C=O) groups excluding carboxylic acids is 1. The molecular formula is C23H30N2OS. The van der Waals surface area contributed by atoms with Gasteiger partial charge < -0.3 is 5.32 Å². The molecule has 1 aliphatic rings. The van der Waals surface area contributed by atoms with Crippen molar-refractivity contribution in [1.29, 1.82) is 0 Å². The van der Waals surface area contributed by atoms with Crippen LogP contribution < -0.4 is 5.32 Å². The molecule has 3 nitrogen and oxygen atoms in total. The number of amides is 1. The van der Waals surface area contributed by atoms with Gasteiger partial charge in [-0.15, -0.1) is 0 Å². The number of nitrogens with one attached hydrogen (secondary N) is 1. The van der Waals surface area contributed by atoms with Gasteiger partial charge in [-0.3, -0.25) is 9.69 Å². The first kappa shape index (κ1) is 20.0. The van der Waals surface area contributed by atoms with Gasteiger partial charge in [0, 0.05) is 36.8 Å². The Balaban J connectivity index is 1.72. The molecule has 27 heavy (non-hydrogen) atoms. The molecule has 1 atom stereocenters. The van der Waals surface area contributed by atoms with E-state index in [0.29, 0.717) is 0 Å². The molecule has 4 heteroatoms. The third-order valence-electron chi connectivity index (χ3n) is 5.17. The molecule has 144 valence electrons. The molecule has 1 heterocycles. The van der Waals surface area contributed by atoms with Gasteiger partial charge >= 0.3 is 0 Å². The highest BCUT2D eigenvalue weighted by Crippen LogP contribution is 2.25. The molecule has 2 aromatic rings. The molecule has 1 fully saturated rings. The lowest BCUT2D eigenvalue weighted by atomic mass is 9.93. The molecule has 1 N–H and O–H groups in total. The van der Waals surface area contributed by atoms with Gasteiger partial charge in [0.25, 0.3) is 0 Å². The van der Waals surface area contributed by atoms with Crippen molar-refractivity contribution in [3.63, 3.8) is 0 Å². The van der Waals surface area contributed by atoms with Gasteiger partial charge in [0.2, 0.25) is 5.91 Å². The van der Waals surface area contributed by atoms with Gasteiger partial charge in [0.05, 0.1) is 5.92 Å². The highest BCUT2D eigenvalue weighted by molar-refractivity contribution is 7.99. The highest BCUT2D eigenvalue weighted by atomic mass is 32.2. The summed E-state index contributed by atoms with van der Waals surface area (Å²) in [5, 5.41) is 3.21. The summed E-state index contributed by atoms with van der Waals surface area (Å²) in [7, 11) is 0. The maximum atomic E-state index is 13.0. The third-order valence-corrected chi connectivity index (χ3v) is 6.11. The Morgan fingerprint density at radius 3 is 2.59 bits per heavy atom. The minimum Gasteiger partial charge on any atom is -0.325 e. The second-order valence-corrected chi connectivity index (χ2v) is 8.50. The average Bonchev–Trinajstić information content (AvgIpc) is 2.70. The first-order valence-electron chi connectivity index (χ1n) is 9.93. The van der Waals surface area contributed by atoms with Crippen LogP contribution >= 0.6 is 11.8 Å². The Kier molecular flexibility index (Phi) is 7.36. The summed E-state index contributed by atoms with van der Waals surface area (Å²) in [5.74, 6) is 2.42. The maximum absolute atomic E-state index is 13.0. The summed E-state index contributed by atoms with van der Waals surface area (Å²) in [4.78, 5) is 15.5. The lowest BCUT2D eigenvalue weighted by molar-refractivity contribution is -0.117. The van der Waals surface area contributed by atoms with Crippen LogP contribution in [-0.2, 0) is 11.3 Å². The number of benzene rings is 2. The number of anilines is 1. The summed E-state index contributed by atoms with van der Waals surface area (Å²) >= 11 is 2.03. The SMILES string of the molecule is CCCC(C(=O)Nc1cc(CN2CCSCC2)ccc1C)c1ccccc1. The van der Waals surface area contributed by atoms with E-state index in [-0.39, 0.29) is 11.8 Å². The van der Waals surface area contributed by atoms with Crippen molar-refractivity contribution in [2.24, 2.45) is 0 Å². The summed E-state index contributed by atoms with van der Waals surface area (Å²) < 4.78 is 0. The van der Waals surface area contributed by atoms with Gasteiger partial charge in [0.15, 0.2) is 0 Å². The zero-order valence-electron chi connectivity index (χ0n) is 16.4. The maximum Gasteiger partial charge on any atom is 0.231 e. The number of aryl methyl sites for hydroxylation is 1. The van der Waals surface area contributed by atoms with Crippen LogP contribution in [0.25, 0.3) is 0 Å². The van der Waals surface area contributed by atoms with Crippen LogP contribution in [0, 0.1) is 6.92 Å². The van der Waals surface area contributed by atoms with Gasteiger partial charge in [-0.2, -0.15) is 11.8 Å². The molecule has 0 bridgehead atoms. The van der Waals surface area contributed by atoms with Crippen molar-refractivity contribution >= 4 is 23.4 Å². The first-order chi connectivity index (χ1) is 13.2. The van der Waals surface area contributed by atoms with Crippen LogP contribution in [-0.4, -0.2) is 35.4 Å². The largest absolute Gasteiger partial charge is 0.325 e. The highest BCUT2D eigenvalue weighted by Gasteiger charge is 2.20. The van der Waals surface area contributed by atoms with E-state index >= 15 is 0 Å². The van der Waals surface area contributed by atoms with E-state index in [1.165, 1.54) is 17.1 Å². The van der Waals surface area contributed by atoms with E-state index in [1.807, 2.05) is 30.0 Å². The number of thioether (sulfide) groups is 1. The molecule has 1 unspecified atom stereocenters. The molecule has 3 rings (SSSR count). The fourth-order valence-corrected chi connectivity index (χ4v) is 4.54. The molecule has 2 aromatic carbocycles. The topological polar surface area (TPSA) is 32.3 Å². The standard InChI is InChI=1S/C23H30N2OS/c1-3-7-21(20-8-5-4-6-9-20)23(26)24-22-16-19(11-10-18(22)2)17-25-12-14-27-15-13-25/h4-6,8-11,16,21H,3,7,12-15,17H2,1-2H3,(H,24,26). The van der Waals surface area contributed by atoms with Crippen LogP contribution in [0.5, 0.6) is 0 Å². The Bertz CT molecular complexity index is 741. The second-order valence-electron chi connectivity index (χ2n) is 7.28. The van der Waals surface area contributed by atoms with E-state index in [2.05, 4.69) is 54.4 Å². The molecule has 1 aliphatic heterocycles. The number of nitrogens with zero attached hydrogens (tertiary/aromatic N) is 1. The minimum atomic E-state index is -0.0987. The summed E-state index contributed by atoms with van der Waals surface area (Å²) in [5.41, 5.74) is 4.43. The molecule has 0 saturated carbocycles. The van der Waals surface area contributed by atoms with Crippen LogP contribution in [0.2, 0.25) is 0 Å². The van der Waals surface area contributed by atoms with Crippen molar-refractivity contribution in [2.75, 3.05) is 29.9 Å². The lowest BCUT2D eigenvalue weighted by Crippen LogP contribution is -2.32. The van der Waals surface area contributed by atoms with Gasteiger partial charge in [-0.25, -0.2) is 0 Å². The van der Waals surface area contributed by atoms with E-state index in [1.54, 1.807) is 0 Å². The van der Waals surface area contributed by atoms with Crippen LogP contribution in [0.15, 0.2) is 48.5 Å². The number of hydrogen-bond acceptors (Lipinski definition) is 3. The number of rotatable bonds is 7. The van der Waals surface area contributed by atoms with Gasteiger partial charge in [-0.05, 0) is 36.1 Å². The van der Waals surface area contributed by atoms with E-state index in [9.17, 15) is 4.79 Å². The first-order valence-corrected chi connectivity index (χ1v) is 11.1. The molecule has 0 spiro atoms. The van der Waals surface area contributed by atoms with Gasteiger partial charge in [0.1, 0.15) is 0 Å². The molecule has 1 saturated heterocycles. The average molecular weight is 383 g/mol. The van der Waals surface area contributed by atoms with Crippen molar-refractivity contribution in [3.05, 3.63) is 65.2 Å². The van der Waals surface area contributed by atoms with Crippen LogP contribution in [0.3, 0.4) is 0 Å². The molecule has 0 aromatic heterocycles. The summed E-state index contributed by atoms with van der Waals surface area (Å²) in [6.07, 6.45) is 1.85. The second kappa shape index (κ2) is 9.95. The number of carbonyl (C=O) groups is 1. The summed E-state index contributed by atoms with van der Waals surface area (Å²) in [6.45, 7) is 7.45. The van der Waals surface area contributed by atoms with Crippen molar-refractivity contribution in [3.8, 4) is 0 Å². The Labute approximate surface area is 167 Å². The van der Waals surface area contributed by atoms with E-state index < -0.39 is 0 Å². The van der Waals surface area contributed by atoms with Gasteiger partial charge in [-0.1, -0.05) is 55.8 Å². The van der Waals surface area contributed by atoms with Crippen LogP contribution in [0.4, 0.5) is 5.69 Å². The summed E-state index contributed by atoms with van der Waals surface area (Å²) in [6, 6.07) is 16.6. The Hall–Kier alpha value is -1.78. The number of hydrogen-bond donors (Lipinski definition) is 1. The van der Waals surface area contributed by atoms with Crippen molar-refractivity contribution in [2.45, 2.75) is 39.2 Å². The molecule has 1 amide bonds. The predicted molar refractivity (Wildman–Crippen MR) is 117 cm³/mol. The molecular weight excluding hydrogens is 352 g/mol. The smallest absolute Gasteiger partial charge is 0.231 e. The van der Waals surface area contributed by atoms with E-state index in [4.69, 9.17) is 0 Å². The quantitative estimate of drug-likeness (QED) is 0.726. The molecule has 0 radical (unpaired) electrons. The zero-order chi connectivity index (χ0) is 19.1. The lowest BCUT2D eigenvalue weighted by Gasteiger charge is -2.26. The Morgan fingerprint density at radius 1 is 1.15 bits per heavy atom. The van der Waals surface area contributed by atoms with E-state index in [0.717, 1.165) is 49.3 Å². The third kappa shape index (κ3) is 5.60. The zero-order valence-corrected chi connectivity index (χ0v) is 17.2. The predicted octanol–water partition coefficient (Wildman–Crippen LogP) is 5.07. The van der Waals surface area contributed by atoms with Crippen LogP contribution in [0.1, 0.15) is 42.4 Å². The fourth-order valence-electron chi connectivity index (χ4n) is 3.56. The van der Waals surface area contributed by atoms with Crippen molar-refractivity contribution < 1.29 is 4.79 Å².